The number of hydrogen-bond donors (Lipinski definition) is 1. The highest BCUT2D eigenvalue weighted by Gasteiger charge is 2.30. The van der Waals surface area contributed by atoms with Gasteiger partial charge in [0.2, 0.25) is 0 Å². The van der Waals surface area contributed by atoms with Crippen LogP contribution in [0.3, 0.4) is 0 Å². The van der Waals surface area contributed by atoms with Crippen molar-refractivity contribution >= 4 is 5.82 Å². The van der Waals surface area contributed by atoms with Crippen LogP contribution in [-0.4, -0.2) is 43.1 Å². The first-order valence-corrected chi connectivity index (χ1v) is 9.16. The lowest BCUT2D eigenvalue weighted by atomic mass is 9.97. The van der Waals surface area contributed by atoms with E-state index in [-0.39, 0.29) is 0 Å². The smallest absolute Gasteiger partial charge is 0.136 e. The Morgan fingerprint density at radius 3 is 2.85 bits per heavy atom. The molecular formula is C21H27N5. The zero-order chi connectivity index (χ0) is 18.7. The van der Waals surface area contributed by atoms with Crippen molar-refractivity contribution in [2.75, 3.05) is 32.1 Å². The Balaban J connectivity index is 1.88. The summed E-state index contributed by atoms with van der Waals surface area (Å²) in [6.07, 6.45) is 0. The standard InChI is InChI=1S/C21H27N5/c1-15(2)26-14-19-18(12-22)11-20(24-21(19)26)17-7-5-6-16(10-17)13-25(4)9-8-23-3/h5-7,10-11,15,23H,8-9,13-14H2,1-4H3. The van der Waals surface area contributed by atoms with E-state index in [0.29, 0.717) is 6.04 Å². The van der Waals surface area contributed by atoms with Crippen LogP contribution in [0.5, 0.6) is 0 Å². The molecule has 0 atom stereocenters. The number of anilines is 1. The fourth-order valence-corrected chi connectivity index (χ4v) is 3.30. The summed E-state index contributed by atoms with van der Waals surface area (Å²) in [4.78, 5) is 9.40. The topological polar surface area (TPSA) is 55.2 Å². The molecule has 0 fully saturated rings. The maximum absolute atomic E-state index is 9.52. The molecule has 1 aliphatic rings. The van der Waals surface area contributed by atoms with E-state index in [4.69, 9.17) is 4.98 Å². The molecule has 0 aliphatic carbocycles. The van der Waals surface area contributed by atoms with E-state index in [1.807, 2.05) is 13.1 Å². The molecule has 0 amide bonds. The quantitative estimate of drug-likeness (QED) is 0.833. The second kappa shape index (κ2) is 7.86. The first-order chi connectivity index (χ1) is 12.5. The largest absolute Gasteiger partial charge is 0.349 e. The molecule has 26 heavy (non-hydrogen) atoms. The molecule has 0 saturated heterocycles. The summed E-state index contributed by atoms with van der Waals surface area (Å²) in [7, 11) is 4.10. The van der Waals surface area contributed by atoms with E-state index in [9.17, 15) is 5.26 Å². The first-order valence-electron chi connectivity index (χ1n) is 9.16. The average molecular weight is 349 g/mol. The van der Waals surface area contributed by atoms with Gasteiger partial charge in [0.05, 0.1) is 17.3 Å². The van der Waals surface area contributed by atoms with Crippen LogP contribution >= 0.6 is 0 Å². The number of nitrogens with zero attached hydrogens (tertiary/aromatic N) is 4. The lowest BCUT2D eigenvalue weighted by molar-refractivity contribution is 0.328. The van der Waals surface area contributed by atoms with Crippen LogP contribution in [0.1, 0.15) is 30.5 Å². The predicted molar refractivity (Wildman–Crippen MR) is 106 cm³/mol. The second-order valence-electron chi connectivity index (χ2n) is 7.23. The van der Waals surface area contributed by atoms with Crippen LogP contribution in [-0.2, 0) is 13.1 Å². The molecule has 1 aromatic carbocycles. The molecule has 5 heteroatoms. The highest BCUT2D eigenvalue weighted by Crippen LogP contribution is 2.37. The van der Waals surface area contributed by atoms with Gasteiger partial charge in [-0.05, 0) is 45.6 Å². The molecule has 2 aromatic rings. The number of pyridine rings is 1. The summed E-state index contributed by atoms with van der Waals surface area (Å²) in [6.45, 7) is 8.00. The molecule has 1 N–H and O–H groups in total. The Kier molecular flexibility index (Phi) is 5.55. The summed E-state index contributed by atoms with van der Waals surface area (Å²) in [5.74, 6) is 0.964. The Morgan fingerprint density at radius 2 is 2.15 bits per heavy atom. The highest BCUT2D eigenvalue weighted by molar-refractivity contribution is 5.71. The molecule has 0 unspecified atom stereocenters. The predicted octanol–water partition coefficient (Wildman–Crippen LogP) is 3.00. The molecule has 0 spiro atoms. The van der Waals surface area contributed by atoms with Crippen molar-refractivity contribution in [3.05, 3.63) is 47.0 Å². The number of rotatable bonds is 7. The minimum atomic E-state index is 0.393. The normalized spacial score (nSPS) is 12.9. The van der Waals surface area contributed by atoms with E-state index in [2.05, 4.69) is 66.3 Å². The number of nitriles is 1. The van der Waals surface area contributed by atoms with Gasteiger partial charge in [0.25, 0.3) is 0 Å². The van der Waals surface area contributed by atoms with Crippen LogP contribution in [0.25, 0.3) is 11.3 Å². The number of benzene rings is 1. The number of aromatic nitrogens is 1. The minimum Gasteiger partial charge on any atom is -0.349 e. The zero-order valence-corrected chi connectivity index (χ0v) is 16.1. The van der Waals surface area contributed by atoms with Crippen LogP contribution in [0.4, 0.5) is 5.82 Å². The molecule has 3 rings (SSSR count). The zero-order valence-electron chi connectivity index (χ0n) is 16.1. The SMILES string of the molecule is CNCCN(C)Cc1cccc(-c2cc(C#N)c3c(n2)N(C(C)C)C3)c1. The molecular weight excluding hydrogens is 322 g/mol. The van der Waals surface area contributed by atoms with Gasteiger partial charge >= 0.3 is 0 Å². The van der Waals surface area contributed by atoms with Crippen molar-refractivity contribution in [3.8, 4) is 17.3 Å². The Hall–Kier alpha value is -2.42. The maximum atomic E-state index is 9.52. The maximum Gasteiger partial charge on any atom is 0.136 e. The minimum absolute atomic E-state index is 0.393. The van der Waals surface area contributed by atoms with Gasteiger partial charge in [-0.25, -0.2) is 4.98 Å². The van der Waals surface area contributed by atoms with Crippen molar-refractivity contribution in [2.45, 2.75) is 33.0 Å². The van der Waals surface area contributed by atoms with Gasteiger partial charge in [-0.3, -0.25) is 0 Å². The van der Waals surface area contributed by atoms with E-state index in [1.165, 1.54) is 5.56 Å². The first kappa shape index (κ1) is 18.4. The van der Waals surface area contributed by atoms with Gasteiger partial charge in [-0.1, -0.05) is 18.2 Å². The van der Waals surface area contributed by atoms with Crippen molar-refractivity contribution in [1.29, 1.82) is 5.26 Å². The molecule has 2 heterocycles. The van der Waals surface area contributed by atoms with Crippen LogP contribution < -0.4 is 10.2 Å². The Morgan fingerprint density at radius 1 is 1.35 bits per heavy atom. The summed E-state index contributed by atoms with van der Waals surface area (Å²) in [5, 5.41) is 12.7. The van der Waals surface area contributed by atoms with Crippen molar-refractivity contribution in [1.82, 2.24) is 15.2 Å². The number of hydrogen-bond acceptors (Lipinski definition) is 5. The summed E-state index contributed by atoms with van der Waals surface area (Å²) in [6, 6.07) is 13.1. The second-order valence-corrected chi connectivity index (χ2v) is 7.23. The molecule has 1 aromatic heterocycles. The number of fused-ring (bicyclic) bond motifs is 1. The molecule has 0 saturated carbocycles. The van der Waals surface area contributed by atoms with E-state index in [1.54, 1.807) is 0 Å². The van der Waals surface area contributed by atoms with E-state index in [0.717, 1.165) is 54.4 Å². The summed E-state index contributed by atoms with van der Waals surface area (Å²) < 4.78 is 0. The lowest BCUT2D eigenvalue weighted by Crippen LogP contribution is -2.39. The molecule has 0 bridgehead atoms. The van der Waals surface area contributed by atoms with E-state index >= 15 is 0 Å². The van der Waals surface area contributed by atoms with Crippen LogP contribution in [0, 0.1) is 11.3 Å². The average Bonchev–Trinajstić information content (AvgIpc) is 2.60. The van der Waals surface area contributed by atoms with Crippen molar-refractivity contribution < 1.29 is 0 Å². The Bertz CT molecular complexity index is 822. The van der Waals surface area contributed by atoms with E-state index < -0.39 is 0 Å². The van der Waals surface area contributed by atoms with Gasteiger partial charge in [0.15, 0.2) is 0 Å². The fraction of sp³-hybridized carbons (Fsp3) is 0.429. The van der Waals surface area contributed by atoms with Gasteiger partial charge in [-0.15, -0.1) is 0 Å². The lowest BCUT2D eigenvalue weighted by Gasteiger charge is -2.38. The van der Waals surface area contributed by atoms with Gasteiger partial charge in [0.1, 0.15) is 5.82 Å². The third-order valence-electron chi connectivity index (χ3n) is 4.87. The number of nitrogens with one attached hydrogen (secondary N) is 1. The van der Waals surface area contributed by atoms with Crippen molar-refractivity contribution in [3.63, 3.8) is 0 Å². The molecule has 5 nitrogen and oxygen atoms in total. The van der Waals surface area contributed by atoms with Crippen LogP contribution in [0.15, 0.2) is 30.3 Å². The third kappa shape index (κ3) is 3.72. The van der Waals surface area contributed by atoms with Crippen molar-refractivity contribution in [2.24, 2.45) is 0 Å². The molecule has 0 radical (unpaired) electrons. The third-order valence-corrected chi connectivity index (χ3v) is 4.87. The van der Waals surface area contributed by atoms with Gasteiger partial charge in [0, 0.05) is 43.3 Å². The number of likely N-dealkylation sites (N-methyl/N-ethyl adjacent to an activating group) is 2. The fourth-order valence-electron chi connectivity index (χ4n) is 3.30. The summed E-state index contributed by atoms with van der Waals surface area (Å²) >= 11 is 0. The van der Waals surface area contributed by atoms with Crippen LogP contribution in [0.2, 0.25) is 0 Å². The Labute approximate surface area is 156 Å². The highest BCUT2D eigenvalue weighted by atomic mass is 15.3. The summed E-state index contributed by atoms with van der Waals surface area (Å²) in [5.41, 5.74) is 5.03. The molecule has 136 valence electrons. The monoisotopic (exact) mass is 349 g/mol. The van der Waals surface area contributed by atoms with Gasteiger partial charge in [-0.2, -0.15) is 5.26 Å². The molecule has 1 aliphatic heterocycles. The van der Waals surface area contributed by atoms with Gasteiger partial charge < -0.3 is 15.1 Å².